The molecule has 0 aliphatic heterocycles. The van der Waals surface area contributed by atoms with Gasteiger partial charge in [0.05, 0.1) is 25.4 Å². The molecule has 1 aromatic rings. The van der Waals surface area contributed by atoms with Crippen molar-refractivity contribution in [3.05, 3.63) is 30.3 Å². The molecule has 0 radical (unpaired) electrons. The highest BCUT2D eigenvalue weighted by Gasteiger charge is 2.29. The highest BCUT2D eigenvalue weighted by molar-refractivity contribution is 8.19. The zero-order valence-electron chi connectivity index (χ0n) is 11.8. The SMILES string of the molecule is CCOP(=S)(OCC)N(SNCC(=O)F)c1ccccc1. The lowest BCUT2D eigenvalue weighted by Gasteiger charge is -2.33. The molecule has 0 fully saturated rings. The molecule has 0 bridgehead atoms. The van der Waals surface area contributed by atoms with Crippen molar-refractivity contribution < 1.29 is 18.2 Å². The van der Waals surface area contributed by atoms with Gasteiger partial charge in [-0.3, -0.25) is 4.79 Å². The maximum Gasteiger partial charge on any atom is 0.316 e. The van der Waals surface area contributed by atoms with Crippen molar-refractivity contribution in [1.29, 1.82) is 0 Å². The smallest absolute Gasteiger partial charge is 0.313 e. The molecule has 118 valence electrons. The Labute approximate surface area is 133 Å². The molecular formula is C12H18FN2O3PS2. The highest BCUT2D eigenvalue weighted by atomic mass is 32.5. The number of hydrogen-bond acceptors (Lipinski definition) is 6. The zero-order chi connectivity index (χ0) is 15.7. The molecule has 1 aromatic carbocycles. The molecule has 0 saturated heterocycles. The van der Waals surface area contributed by atoms with E-state index in [2.05, 4.69) is 4.72 Å². The largest absolute Gasteiger partial charge is 0.316 e. The number of carbonyl (C=O) groups is 1. The number of benzene rings is 1. The van der Waals surface area contributed by atoms with Crippen molar-refractivity contribution >= 4 is 42.3 Å². The van der Waals surface area contributed by atoms with E-state index in [0.29, 0.717) is 13.2 Å². The first-order valence-electron chi connectivity index (χ1n) is 6.36. The van der Waals surface area contributed by atoms with Crippen LogP contribution in [0.3, 0.4) is 0 Å². The van der Waals surface area contributed by atoms with Crippen LogP contribution in [0.2, 0.25) is 0 Å². The van der Waals surface area contributed by atoms with E-state index in [-0.39, 0.29) is 0 Å². The van der Waals surface area contributed by atoms with E-state index in [1.165, 1.54) is 0 Å². The third-order valence-corrected chi connectivity index (χ3v) is 6.97. The Balaban J connectivity index is 2.98. The van der Waals surface area contributed by atoms with Gasteiger partial charge in [0.15, 0.2) is 0 Å². The van der Waals surface area contributed by atoms with E-state index in [9.17, 15) is 9.18 Å². The molecule has 0 amide bonds. The molecule has 0 unspecified atom stereocenters. The summed E-state index contributed by atoms with van der Waals surface area (Å²) in [5.41, 5.74) is 0.756. The molecule has 5 nitrogen and oxygen atoms in total. The van der Waals surface area contributed by atoms with Crippen molar-refractivity contribution in [3.63, 3.8) is 0 Å². The van der Waals surface area contributed by atoms with Crippen molar-refractivity contribution in [2.24, 2.45) is 0 Å². The van der Waals surface area contributed by atoms with E-state index >= 15 is 0 Å². The fourth-order valence-corrected chi connectivity index (χ4v) is 5.37. The van der Waals surface area contributed by atoms with Crippen LogP contribution in [0.25, 0.3) is 0 Å². The maximum absolute atomic E-state index is 12.3. The fourth-order valence-electron chi connectivity index (χ4n) is 1.42. The summed E-state index contributed by atoms with van der Waals surface area (Å²) >= 11 is 6.54. The second kappa shape index (κ2) is 9.50. The average molecular weight is 352 g/mol. The lowest BCUT2D eigenvalue weighted by molar-refractivity contribution is -0.127. The average Bonchev–Trinajstić information content (AvgIpc) is 2.44. The van der Waals surface area contributed by atoms with Crippen LogP contribution in [-0.2, 0) is 25.6 Å². The van der Waals surface area contributed by atoms with Gasteiger partial charge in [0.2, 0.25) is 0 Å². The number of nitrogens with one attached hydrogen (secondary N) is 1. The highest BCUT2D eigenvalue weighted by Crippen LogP contribution is 2.57. The predicted octanol–water partition coefficient (Wildman–Crippen LogP) is 3.44. The van der Waals surface area contributed by atoms with Crippen LogP contribution in [0.4, 0.5) is 10.1 Å². The summed E-state index contributed by atoms with van der Waals surface area (Å²) in [5.74, 6) is 0. The Morgan fingerprint density at radius 2 is 1.90 bits per heavy atom. The van der Waals surface area contributed by atoms with Gasteiger partial charge < -0.3 is 9.05 Å². The van der Waals surface area contributed by atoms with Gasteiger partial charge in [-0.05, 0) is 37.8 Å². The molecule has 0 aliphatic rings. The summed E-state index contributed by atoms with van der Waals surface area (Å²) in [6.07, 6.45) is 0. The zero-order valence-corrected chi connectivity index (χ0v) is 14.3. The monoisotopic (exact) mass is 352 g/mol. The standard InChI is InChI=1S/C12H18FN2O3PS2/c1-3-17-19(20,18-4-2)15(21-14-10-12(13)16)11-8-6-5-7-9-11/h5-9,14H,3-4,10H2,1-2H3. The summed E-state index contributed by atoms with van der Waals surface area (Å²) < 4.78 is 27.9. The normalized spacial score (nSPS) is 11.4. The van der Waals surface area contributed by atoms with Crippen molar-refractivity contribution in [2.75, 3.05) is 23.8 Å². The minimum atomic E-state index is -2.78. The minimum absolute atomic E-state index is 0.392. The lowest BCUT2D eigenvalue weighted by atomic mass is 10.3. The predicted molar refractivity (Wildman–Crippen MR) is 88.2 cm³/mol. The van der Waals surface area contributed by atoms with E-state index in [4.69, 9.17) is 20.9 Å². The van der Waals surface area contributed by atoms with Crippen molar-refractivity contribution in [1.82, 2.24) is 4.72 Å². The molecule has 1 N–H and O–H groups in total. The lowest BCUT2D eigenvalue weighted by Crippen LogP contribution is -2.23. The van der Waals surface area contributed by atoms with Crippen molar-refractivity contribution in [2.45, 2.75) is 13.8 Å². The van der Waals surface area contributed by atoms with Gasteiger partial charge in [0.25, 0.3) is 0 Å². The summed E-state index contributed by atoms with van der Waals surface area (Å²) in [4.78, 5) is 10.4. The van der Waals surface area contributed by atoms with E-state index < -0.39 is 19.2 Å². The van der Waals surface area contributed by atoms with E-state index in [0.717, 1.165) is 17.8 Å². The minimum Gasteiger partial charge on any atom is -0.313 e. The molecule has 0 aromatic heterocycles. The van der Waals surface area contributed by atoms with Gasteiger partial charge in [-0.25, -0.2) is 8.80 Å². The topological polar surface area (TPSA) is 50.8 Å². The number of para-hydroxylation sites is 1. The van der Waals surface area contributed by atoms with Crippen LogP contribution in [-0.4, -0.2) is 25.8 Å². The summed E-state index contributed by atoms with van der Waals surface area (Å²) in [6, 6.07) is 7.80. The second-order valence-electron chi connectivity index (χ2n) is 3.68. The van der Waals surface area contributed by atoms with Crippen LogP contribution in [0, 0.1) is 0 Å². The Kier molecular flexibility index (Phi) is 8.39. The summed E-state index contributed by atoms with van der Waals surface area (Å²) in [6.45, 7) is 1.24. The Bertz CT molecular complexity index is 483. The van der Waals surface area contributed by atoms with Gasteiger partial charge in [-0.2, -0.15) is 4.39 Å². The number of rotatable bonds is 10. The fraction of sp³-hybridized carbons (Fsp3) is 0.417. The first-order valence-corrected chi connectivity index (χ1v) is 9.72. The first-order chi connectivity index (χ1) is 10.0. The Morgan fingerprint density at radius 3 is 2.38 bits per heavy atom. The molecule has 0 heterocycles. The molecule has 21 heavy (non-hydrogen) atoms. The van der Waals surface area contributed by atoms with Crippen molar-refractivity contribution in [3.8, 4) is 0 Å². The van der Waals surface area contributed by atoms with Gasteiger partial charge >= 0.3 is 12.7 Å². The number of anilines is 1. The molecule has 0 saturated carbocycles. The van der Waals surface area contributed by atoms with Crippen LogP contribution >= 0.6 is 18.8 Å². The molecule has 1 rings (SSSR count). The third kappa shape index (κ3) is 6.02. The van der Waals surface area contributed by atoms with Crippen LogP contribution < -0.4 is 8.80 Å². The van der Waals surface area contributed by atoms with Crippen LogP contribution in [0.1, 0.15) is 13.8 Å². The van der Waals surface area contributed by atoms with Gasteiger partial charge in [0, 0.05) is 12.1 Å². The quantitative estimate of drug-likeness (QED) is 0.393. The van der Waals surface area contributed by atoms with E-state index in [1.807, 2.05) is 44.2 Å². The maximum atomic E-state index is 12.3. The molecule has 9 heteroatoms. The Morgan fingerprint density at radius 1 is 1.33 bits per heavy atom. The number of hydrogen-bond donors (Lipinski definition) is 1. The van der Waals surface area contributed by atoms with Crippen LogP contribution in [0.5, 0.6) is 0 Å². The van der Waals surface area contributed by atoms with Gasteiger partial charge in [-0.15, -0.1) is 0 Å². The van der Waals surface area contributed by atoms with Gasteiger partial charge in [0.1, 0.15) is 0 Å². The number of halogens is 1. The third-order valence-electron chi connectivity index (χ3n) is 2.15. The second-order valence-corrected chi connectivity index (χ2v) is 8.02. The molecular weight excluding hydrogens is 334 g/mol. The van der Waals surface area contributed by atoms with Crippen LogP contribution in [0.15, 0.2) is 30.3 Å². The first kappa shape index (κ1) is 18.5. The molecule has 0 spiro atoms. The molecule has 0 aliphatic carbocycles. The summed E-state index contributed by atoms with van der Waals surface area (Å²) in [5, 5.41) is 0. The van der Waals surface area contributed by atoms with Gasteiger partial charge in [-0.1, -0.05) is 18.2 Å². The Hall–Kier alpha value is -0.500. The number of nitrogens with zero attached hydrogens (tertiary/aromatic N) is 1. The summed E-state index contributed by atoms with van der Waals surface area (Å²) in [7, 11) is 0. The number of carbonyl (C=O) groups excluding carboxylic acids is 1. The molecule has 0 atom stereocenters. The van der Waals surface area contributed by atoms with E-state index in [1.54, 1.807) is 4.08 Å².